The summed E-state index contributed by atoms with van der Waals surface area (Å²) in [5, 5.41) is 11.8. The van der Waals surface area contributed by atoms with Crippen LogP contribution in [0.25, 0.3) is 0 Å². The second-order valence-electron chi connectivity index (χ2n) is 5.14. The number of halogens is 1. The van der Waals surface area contributed by atoms with Crippen molar-refractivity contribution >= 4 is 29.0 Å². The first-order valence-electron chi connectivity index (χ1n) is 7.19. The van der Waals surface area contributed by atoms with Crippen LogP contribution in [0, 0.1) is 11.3 Å². The molecule has 6 heteroatoms. The zero-order chi connectivity index (χ0) is 17.7. The average Bonchev–Trinajstić information content (AvgIpc) is 2.55. The van der Waals surface area contributed by atoms with E-state index in [9.17, 15) is 9.59 Å². The Kier molecular flexibility index (Phi) is 5.56. The summed E-state index contributed by atoms with van der Waals surface area (Å²) in [5.41, 5.74) is 1.39. The topological polar surface area (TPSA) is 79.2 Å². The molecule has 24 heavy (non-hydrogen) atoms. The van der Waals surface area contributed by atoms with Crippen LogP contribution < -0.4 is 10.1 Å². The minimum Gasteiger partial charge on any atom is -0.481 e. The molecule has 0 aliphatic heterocycles. The molecule has 0 aromatic heterocycles. The number of Topliss-reactive ketones (excluding diaryl/α,β-unsaturated/α-hetero) is 1. The van der Waals surface area contributed by atoms with Gasteiger partial charge in [-0.2, -0.15) is 5.26 Å². The molecule has 0 aliphatic carbocycles. The maximum absolute atomic E-state index is 12.2. The Hall–Kier alpha value is -2.84. The first-order chi connectivity index (χ1) is 11.4. The van der Waals surface area contributed by atoms with E-state index in [1.54, 1.807) is 37.3 Å². The lowest BCUT2D eigenvalue weighted by atomic mass is 10.1. The molecule has 1 atom stereocenters. The fraction of sp³-hybridized carbons (Fsp3) is 0.167. The third kappa shape index (κ3) is 4.34. The number of nitrogens with zero attached hydrogens (tertiary/aromatic N) is 1. The van der Waals surface area contributed by atoms with E-state index < -0.39 is 6.10 Å². The van der Waals surface area contributed by atoms with Crippen molar-refractivity contribution in [2.45, 2.75) is 20.0 Å². The van der Waals surface area contributed by atoms with Crippen LogP contribution in [-0.2, 0) is 4.79 Å². The van der Waals surface area contributed by atoms with E-state index in [0.29, 0.717) is 22.6 Å². The molecule has 2 aromatic rings. The van der Waals surface area contributed by atoms with Gasteiger partial charge < -0.3 is 10.1 Å². The summed E-state index contributed by atoms with van der Waals surface area (Å²) in [7, 11) is 0. The molecule has 1 amide bonds. The fourth-order valence-corrected chi connectivity index (χ4v) is 2.18. The van der Waals surface area contributed by atoms with Crippen molar-refractivity contribution in [1.82, 2.24) is 0 Å². The molecule has 0 spiro atoms. The number of rotatable bonds is 5. The SMILES string of the molecule is CC(=O)c1ccc(O[C@H](C)C(=O)Nc2ccc(C#N)c(Cl)c2)cc1. The van der Waals surface area contributed by atoms with E-state index in [4.69, 9.17) is 21.6 Å². The Labute approximate surface area is 144 Å². The highest BCUT2D eigenvalue weighted by Gasteiger charge is 2.15. The molecule has 0 aliphatic rings. The fourth-order valence-electron chi connectivity index (χ4n) is 1.95. The van der Waals surface area contributed by atoms with Crippen LogP contribution in [0.3, 0.4) is 0 Å². The highest BCUT2D eigenvalue weighted by atomic mass is 35.5. The van der Waals surface area contributed by atoms with Gasteiger partial charge in [0.1, 0.15) is 11.8 Å². The number of carbonyl (C=O) groups is 2. The summed E-state index contributed by atoms with van der Waals surface area (Å²) in [6.45, 7) is 3.09. The molecule has 0 saturated heterocycles. The van der Waals surface area contributed by atoms with Crippen molar-refractivity contribution in [3.8, 4) is 11.8 Å². The number of ether oxygens (including phenoxy) is 1. The number of benzene rings is 2. The molecular weight excluding hydrogens is 328 g/mol. The maximum Gasteiger partial charge on any atom is 0.265 e. The summed E-state index contributed by atoms with van der Waals surface area (Å²) < 4.78 is 5.55. The summed E-state index contributed by atoms with van der Waals surface area (Å²) in [5.74, 6) is 0.0944. The minimum atomic E-state index is -0.748. The summed E-state index contributed by atoms with van der Waals surface area (Å²) >= 11 is 5.93. The van der Waals surface area contributed by atoms with Gasteiger partial charge in [0.05, 0.1) is 10.6 Å². The summed E-state index contributed by atoms with van der Waals surface area (Å²) in [6.07, 6.45) is -0.748. The number of anilines is 1. The van der Waals surface area contributed by atoms with Gasteiger partial charge in [-0.25, -0.2) is 0 Å². The monoisotopic (exact) mass is 342 g/mol. The number of nitriles is 1. The average molecular weight is 343 g/mol. The van der Waals surface area contributed by atoms with E-state index in [2.05, 4.69) is 5.32 Å². The van der Waals surface area contributed by atoms with Crippen molar-refractivity contribution in [3.63, 3.8) is 0 Å². The lowest BCUT2D eigenvalue weighted by Gasteiger charge is -2.15. The number of hydrogen-bond donors (Lipinski definition) is 1. The predicted molar refractivity (Wildman–Crippen MR) is 91.3 cm³/mol. The number of nitrogens with one attached hydrogen (secondary N) is 1. The van der Waals surface area contributed by atoms with Gasteiger partial charge in [-0.15, -0.1) is 0 Å². The van der Waals surface area contributed by atoms with E-state index in [0.717, 1.165) is 0 Å². The Morgan fingerprint density at radius 2 is 1.88 bits per heavy atom. The summed E-state index contributed by atoms with van der Waals surface area (Å²) in [4.78, 5) is 23.4. The van der Waals surface area contributed by atoms with Gasteiger partial charge in [0.2, 0.25) is 0 Å². The quantitative estimate of drug-likeness (QED) is 0.838. The van der Waals surface area contributed by atoms with Crippen LogP contribution in [-0.4, -0.2) is 17.8 Å². The number of carbonyl (C=O) groups excluding carboxylic acids is 2. The van der Waals surface area contributed by atoms with Crippen LogP contribution >= 0.6 is 11.6 Å². The number of ketones is 1. The van der Waals surface area contributed by atoms with Crippen molar-refractivity contribution in [2.75, 3.05) is 5.32 Å². The second kappa shape index (κ2) is 7.62. The molecule has 1 N–H and O–H groups in total. The zero-order valence-corrected chi connectivity index (χ0v) is 13.9. The zero-order valence-electron chi connectivity index (χ0n) is 13.2. The van der Waals surface area contributed by atoms with Crippen molar-refractivity contribution in [2.24, 2.45) is 0 Å². The molecule has 5 nitrogen and oxygen atoms in total. The molecule has 0 bridgehead atoms. The predicted octanol–water partition coefficient (Wildman–Crippen LogP) is 3.82. The molecule has 0 unspecified atom stereocenters. The molecule has 2 rings (SSSR count). The lowest BCUT2D eigenvalue weighted by Crippen LogP contribution is -2.30. The standard InChI is InChI=1S/C18H15ClN2O3/c1-11(22)13-4-7-16(8-5-13)24-12(2)18(23)21-15-6-3-14(10-20)17(19)9-15/h3-9,12H,1-2H3,(H,21,23)/t12-/m1/s1. The van der Waals surface area contributed by atoms with Gasteiger partial charge in [-0.1, -0.05) is 11.6 Å². The van der Waals surface area contributed by atoms with E-state index in [-0.39, 0.29) is 16.7 Å². The van der Waals surface area contributed by atoms with Crippen molar-refractivity contribution in [3.05, 3.63) is 58.6 Å². The van der Waals surface area contributed by atoms with Gasteiger partial charge in [-0.05, 0) is 56.3 Å². The van der Waals surface area contributed by atoms with Crippen LogP contribution in [0.4, 0.5) is 5.69 Å². The van der Waals surface area contributed by atoms with Gasteiger partial charge >= 0.3 is 0 Å². The second-order valence-corrected chi connectivity index (χ2v) is 5.54. The number of hydrogen-bond acceptors (Lipinski definition) is 4. The third-order valence-corrected chi connectivity index (χ3v) is 3.61. The van der Waals surface area contributed by atoms with Crippen molar-refractivity contribution in [1.29, 1.82) is 5.26 Å². The van der Waals surface area contributed by atoms with Gasteiger partial charge in [0.15, 0.2) is 11.9 Å². The third-order valence-electron chi connectivity index (χ3n) is 3.30. The highest BCUT2D eigenvalue weighted by Crippen LogP contribution is 2.21. The van der Waals surface area contributed by atoms with E-state index >= 15 is 0 Å². The van der Waals surface area contributed by atoms with Crippen LogP contribution in [0.5, 0.6) is 5.75 Å². The molecule has 0 heterocycles. The lowest BCUT2D eigenvalue weighted by molar-refractivity contribution is -0.122. The maximum atomic E-state index is 12.2. The normalized spacial score (nSPS) is 11.2. The molecule has 122 valence electrons. The molecule has 0 saturated carbocycles. The van der Waals surface area contributed by atoms with Crippen LogP contribution in [0.15, 0.2) is 42.5 Å². The van der Waals surface area contributed by atoms with Gasteiger partial charge in [0, 0.05) is 11.3 Å². The molecule has 0 fully saturated rings. The van der Waals surface area contributed by atoms with Crippen LogP contribution in [0.2, 0.25) is 5.02 Å². The molecule has 2 aromatic carbocycles. The van der Waals surface area contributed by atoms with E-state index in [1.165, 1.54) is 19.1 Å². The number of amides is 1. The largest absolute Gasteiger partial charge is 0.481 e. The van der Waals surface area contributed by atoms with Crippen molar-refractivity contribution < 1.29 is 14.3 Å². The minimum absolute atomic E-state index is 0.0370. The highest BCUT2D eigenvalue weighted by molar-refractivity contribution is 6.32. The van der Waals surface area contributed by atoms with Gasteiger partial charge in [0.25, 0.3) is 5.91 Å². The first kappa shape index (κ1) is 17.5. The molecule has 0 radical (unpaired) electrons. The van der Waals surface area contributed by atoms with E-state index in [1.807, 2.05) is 6.07 Å². The summed E-state index contributed by atoms with van der Waals surface area (Å²) in [6, 6.07) is 13.1. The molecular formula is C18H15ClN2O3. The van der Waals surface area contributed by atoms with Crippen LogP contribution in [0.1, 0.15) is 29.8 Å². The van der Waals surface area contributed by atoms with Gasteiger partial charge in [-0.3, -0.25) is 9.59 Å². The smallest absolute Gasteiger partial charge is 0.265 e. The first-order valence-corrected chi connectivity index (χ1v) is 7.56. The Balaban J connectivity index is 2.00. The Morgan fingerprint density at radius 1 is 1.21 bits per heavy atom. The Bertz CT molecular complexity index is 810. The Morgan fingerprint density at radius 3 is 2.42 bits per heavy atom.